The molecule has 0 aliphatic carbocycles. The first-order valence-corrected chi connectivity index (χ1v) is 8.89. The minimum atomic E-state index is -3.16. The maximum Gasteiger partial charge on any atom is 0.253 e. The summed E-state index contributed by atoms with van der Waals surface area (Å²) in [7, 11) is 0. The van der Waals surface area contributed by atoms with Gasteiger partial charge in [-0.1, -0.05) is 17.7 Å². The predicted octanol–water partition coefficient (Wildman–Crippen LogP) is 5.15. The number of hydrogen-bond acceptors (Lipinski definition) is 2. The summed E-state index contributed by atoms with van der Waals surface area (Å²) < 4.78 is 79.0. The van der Waals surface area contributed by atoms with Crippen molar-refractivity contribution in [2.24, 2.45) is 0 Å². The molecule has 1 aliphatic heterocycles. The van der Waals surface area contributed by atoms with E-state index in [0.29, 0.717) is 4.90 Å². The smallest absolute Gasteiger partial charge is 0.253 e. The summed E-state index contributed by atoms with van der Waals surface area (Å²) in [6.45, 7) is -1.73. The number of rotatable bonds is 5. The zero-order chi connectivity index (χ0) is 24.8. The minimum absolute atomic E-state index is 0.0704. The van der Waals surface area contributed by atoms with Crippen LogP contribution < -0.4 is 0 Å². The maximum atomic E-state index is 15.9. The molecule has 0 bridgehead atoms. The topological polar surface area (TPSA) is 33.2 Å². The van der Waals surface area contributed by atoms with Crippen LogP contribution in [0, 0.1) is 12.7 Å². The Kier molecular flexibility index (Phi) is 4.08. The molecule has 1 unspecified atom stereocenters. The van der Waals surface area contributed by atoms with Crippen LogP contribution in [0.2, 0.25) is 5.02 Å². The van der Waals surface area contributed by atoms with Gasteiger partial charge >= 0.3 is 0 Å². The number of carbonyl (C=O) groups excluding carboxylic acids is 1. The molecule has 2 heterocycles. The third-order valence-electron chi connectivity index (χ3n) is 4.30. The van der Waals surface area contributed by atoms with E-state index in [9.17, 15) is 9.18 Å². The van der Waals surface area contributed by atoms with Gasteiger partial charge in [0.25, 0.3) is 5.91 Å². The Balaban J connectivity index is 1.83. The maximum absolute atomic E-state index is 15.9. The van der Waals surface area contributed by atoms with E-state index in [1.807, 2.05) is 0 Å². The molecule has 0 N–H and O–H groups in total. The second-order valence-corrected chi connectivity index (χ2v) is 6.84. The highest BCUT2D eigenvalue weighted by molar-refractivity contribution is 6.31. The SMILES string of the molecule is [2H]C([2H])(CCC1(F)CCN(C(=O)c2ccc(F)c(Cl)c2)C([2H])([2H])C1([2H])[2H])c1ccc(C)cn1. The van der Waals surface area contributed by atoms with Crippen LogP contribution in [0.4, 0.5) is 8.78 Å². The average molecular weight is 399 g/mol. The number of carbonyl (C=O) groups is 1. The Hall–Kier alpha value is -2.01. The molecule has 1 aromatic carbocycles. The van der Waals surface area contributed by atoms with Gasteiger partial charge in [-0.3, -0.25) is 9.78 Å². The number of benzene rings is 1. The molecule has 3 nitrogen and oxygen atoms in total. The zero-order valence-corrected chi connectivity index (χ0v) is 15.5. The summed E-state index contributed by atoms with van der Waals surface area (Å²) in [5.74, 6) is -1.72. The number of halogens is 3. The van der Waals surface area contributed by atoms with E-state index in [4.69, 9.17) is 19.8 Å². The largest absolute Gasteiger partial charge is 0.338 e. The number of alkyl halides is 1. The fourth-order valence-electron chi connectivity index (χ4n) is 2.66. The van der Waals surface area contributed by atoms with Gasteiger partial charge in [0.05, 0.1) is 5.02 Å². The van der Waals surface area contributed by atoms with E-state index in [0.717, 1.165) is 23.8 Å². The first-order valence-electron chi connectivity index (χ1n) is 11.5. The normalized spacial score (nSPS) is 27.5. The Bertz CT molecular complexity index is 1050. The summed E-state index contributed by atoms with van der Waals surface area (Å²) in [6.07, 6.45) is -5.34. The molecule has 1 aliphatic rings. The molecule has 6 heteroatoms. The predicted molar refractivity (Wildman–Crippen MR) is 102 cm³/mol. The van der Waals surface area contributed by atoms with Crippen LogP contribution in [0.3, 0.4) is 0 Å². The van der Waals surface area contributed by atoms with E-state index >= 15 is 4.39 Å². The lowest BCUT2D eigenvalue weighted by molar-refractivity contribution is 0.0389. The van der Waals surface area contributed by atoms with Crippen molar-refractivity contribution in [2.45, 2.75) is 44.6 Å². The number of amides is 1. The van der Waals surface area contributed by atoms with Crippen LogP contribution in [-0.2, 0) is 6.37 Å². The number of likely N-dealkylation sites (tertiary alicyclic amines) is 1. The summed E-state index contributed by atoms with van der Waals surface area (Å²) in [5.41, 5.74) is -2.01. The lowest BCUT2D eigenvalue weighted by Crippen LogP contribution is -2.44. The Labute approximate surface area is 171 Å². The highest BCUT2D eigenvalue weighted by atomic mass is 35.5. The van der Waals surface area contributed by atoms with Crippen molar-refractivity contribution in [2.75, 3.05) is 13.0 Å². The quantitative estimate of drug-likeness (QED) is 0.697. The van der Waals surface area contributed by atoms with Crippen molar-refractivity contribution >= 4 is 17.5 Å². The average Bonchev–Trinajstić information content (AvgIpc) is 2.73. The molecule has 0 spiro atoms. The van der Waals surface area contributed by atoms with Crippen LogP contribution >= 0.6 is 11.6 Å². The zero-order valence-electron chi connectivity index (χ0n) is 20.7. The fraction of sp³-hybridized carbons (Fsp3) is 0.429. The Morgan fingerprint density at radius 3 is 2.96 bits per heavy atom. The molecular formula is C21H23ClF2N2O. The molecule has 1 aromatic heterocycles. The van der Waals surface area contributed by atoms with Gasteiger partial charge in [0.15, 0.2) is 0 Å². The number of hydrogen-bond donors (Lipinski definition) is 0. The van der Waals surface area contributed by atoms with Crippen LogP contribution in [0.1, 0.15) is 55.5 Å². The van der Waals surface area contributed by atoms with Gasteiger partial charge in [-0.05, 0) is 68.8 Å². The number of aromatic nitrogens is 1. The lowest BCUT2D eigenvalue weighted by atomic mass is 9.87. The third-order valence-corrected chi connectivity index (χ3v) is 4.59. The van der Waals surface area contributed by atoms with E-state index in [1.54, 1.807) is 13.0 Å². The molecule has 144 valence electrons. The Morgan fingerprint density at radius 1 is 1.44 bits per heavy atom. The summed E-state index contributed by atoms with van der Waals surface area (Å²) >= 11 is 5.70. The van der Waals surface area contributed by atoms with Crippen molar-refractivity contribution < 1.29 is 21.8 Å². The van der Waals surface area contributed by atoms with Crippen molar-refractivity contribution in [3.63, 3.8) is 0 Å². The highest BCUT2D eigenvalue weighted by Gasteiger charge is 2.35. The summed E-state index contributed by atoms with van der Waals surface area (Å²) in [6, 6.07) is 6.17. The summed E-state index contributed by atoms with van der Waals surface area (Å²) in [5, 5.41) is -0.354. The van der Waals surface area contributed by atoms with Gasteiger partial charge in [-0.2, -0.15) is 0 Å². The van der Waals surface area contributed by atoms with E-state index in [-0.39, 0.29) is 16.3 Å². The standard InChI is InChI=1S/C21H23ClF2N2O/c1-15-4-6-17(25-14-15)3-2-8-21(24)9-11-26(12-10-21)20(27)16-5-7-19(23)18(22)13-16/h4-7,13-14H,2-3,8-12H2,1H3/i3D2,9D2,11D2. The van der Waals surface area contributed by atoms with Gasteiger partial charge in [0.1, 0.15) is 11.5 Å². The number of nitrogens with zero attached hydrogens (tertiary/aromatic N) is 2. The molecular weight excluding hydrogens is 370 g/mol. The minimum Gasteiger partial charge on any atom is -0.338 e. The van der Waals surface area contributed by atoms with Gasteiger partial charge in [0, 0.05) is 38.7 Å². The van der Waals surface area contributed by atoms with Crippen LogP contribution in [0.5, 0.6) is 0 Å². The second-order valence-electron chi connectivity index (χ2n) is 6.44. The van der Waals surface area contributed by atoms with Gasteiger partial charge in [0.2, 0.25) is 0 Å². The summed E-state index contributed by atoms with van der Waals surface area (Å²) in [4.78, 5) is 17.5. The lowest BCUT2D eigenvalue weighted by Gasteiger charge is -2.36. The molecule has 1 atom stereocenters. The monoisotopic (exact) mass is 398 g/mol. The number of pyridine rings is 1. The van der Waals surface area contributed by atoms with E-state index in [2.05, 4.69) is 4.98 Å². The number of piperidine rings is 1. The Morgan fingerprint density at radius 2 is 2.26 bits per heavy atom. The first-order chi connectivity index (χ1) is 15.1. The first kappa shape index (κ1) is 13.2. The van der Waals surface area contributed by atoms with Crippen LogP contribution in [0.25, 0.3) is 0 Å². The molecule has 0 saturated carbocycles. The molecule has 2 aromatic rings. The molecule has 1 fully saturated rings. The van der Waals surface area contributed by atoms with Crippen molar-refractivity contribution in [3.05, 3.63) is 64.2 Å². The fourth-order valence-corrected chi connectivity index (χ4v) is 2.84. The molecule has 27 heavy (non-hydrogen) atoms. The van der Waals surface area contributed by atoms with Gasteiger partial charge in [-0.15, -0.1) is 0 Å². The molecule has 3 rings (SSSR count). The molecule has 1 saturated heterocycles. The van der Waals surface area contributed by atoms with Gasteiger partial charge in [-0.25, -0.2) is 8.78 Å². The number of aryl methyl sites for hydroxylation is 2. The van der Waals surface area contributed by atoms with Crippen LogP contribution in [-0.4, -0.2) is 34.5 Å². The van der Waals surface area contributed by atoms with E-state index < -0.39 is 62.4 Å². The molecule has 0 radical (unpaired) electrons. The van der Waals surface area contributed by atoms with Crippen molar-refractivity contribution in [1.29, 1.82) is 0 Å². The third kappa shape index (κ3) is 5.04. The van der Waals surface area contributed by atoms with E-state index in [1.165, 1.54) is 12.3 Å². The van der Waals surface area contributed by atoms with Crippen molar-refractivity contribution in [1.82, 2.24) is 9.88 Å². The molecule has 1 amide bonds. The van der Waals surface area contributed by atoms with Crippen LogP contribution in [0.15, 0.2) is 36.5 Å². The second kappa shape index (κ2) is 8.34. The van der Waals surface area contributed by atoms with Crippen molar-refractivity contribution in [3.8, 4) is 0 Å². The highest BCUT2D eigenvalue weighted by Crippen LogP contribution is 2.32. The van der Waals surface area contributed by atoms with Gasteiger partial charge < -0.3 is 4.90 Å².